The van der Waals surface area contributed by atoms with Crippen molar-refractivity contribution in [1.82, 2.24) is 30.2 Å². The van der Waals surface area contributed by atoms with Crippen LogP contribution >= 0.6 is 35.2 Å². The quantitative estimate of drug-likeness (QED) is 0.0377. The molecule has 0 spiro atoms. The molecular formula is C30H48N7O21P3S. The number of imidazole rings is 1. The van der Waals surface area contributed by atoms with Crippen LogP contribution in [0.3, 0.4) is 0 Å². The zero-order valence-corrected chi connectivity index (χ0v) is 36.6. The number of hydrogen-bond donors (Lipinski definition) is 11. The van der Waals surface area contributed by atoms with Crippen molar-refractivity contribution < 1.29 is 100 Å². The highest BCUT2D eigenvalue weighted by atomic mass is 32.2. The first-order valence-electron chi connectivity index (χ1n) is 18.1. The summed E-state index contributed by atoms with van der Waals surface area (Å²) in [7, 11) is -16.5. The minimum atomic E-state index is -5.61. The maximum atomic E-state index is 12.7. The van der Waals surface area contributed by atoms with Crippen molar-refractivity contribution in [3.8, 4) is 0 Å². The molecule has 2 aromatic heterocycles. The highest BCUT2D eigenvalue weighted by Gasteiger charge is 2.50. The molecule has 0 aromatic carbocycles. The predicted molar refractivity (Wildman–Crippen MR) is 209 cm³/mol. The Kier molecular flexibility index (Phi) is 19.3. The van der Waals surface area contributed by atoms with Crippen molar-refractivity contribution in [1.29, 1.82) is 0 Å². The Morgan fingerprint density at radius 3 is 2.29 bits per heavy atom. The van der Waals surface area contributed by atoms with E-state index in [1.807, 2.05) is 0 Å². The lowest BCUT2D eigenvalue weighted by atomic mass is 9.87. The minimum absolute atomic E-state index is 0.00825. The summed E-state index contributed by atoms with van der Waals surface area (Å²) in [6.45, 7) is 1.42. The summed E-state index contributed by atoms with van der Waals surface area (Å²) in [6.07, 6.45) is -9.61. The number of nitrogens with one attached hydrogen (secondary N) is 2. The summed E-state index contributed by atoms with van der Waals surface area (Å²) in [6, 6.07) is 0. The number of phosphoric ester groups is 3. The topological polar surface area (TPSA) is 438 Å². The molecule has 1 aliphatic heterocycles. The van der Waals surface area contributed by atoms with Crippen LogP contribution in [0.4, 0.5) is 5.82 Å². The number of ether oxygens (including phenoxy) is 1. The molecule has 1 saturated heterocycles. The van der Waals surface area contributed by atoms with Gasteiger partial charge in [-0.15, -0.1) is 0 Å². The van der Waals surface area contributed by atoms with Crippen molar-refractivity contribution >= 4 is 80.9 Å². The largest absolute Gasteiger partial charge is 0.481 e. The number of nitrogen functional groups attached to an aromatic ring is 1. The number of aliphatic hydroxyl groups excluding tert-OH is 3. The zero-order valence-electron chi connectivity index (χ0n) is 33.1. The fraction of sp³-hybridized carbons (Fsp3) is 0.667. The Balaban J connectivity index is 1.43. The fourth-order valence-electron chi connectivity index (χ4n) is 5.37. The van der Waals surface area contributed by atoms with Gasteiger partial charge in [0.05, 0.1) is 32.1 Å². The van der Waals surface area contributed by atoms with Gasteiger partial charge in [-0.05, 0) is 0 Å². The predicted octanol–water partition coefficient (Wildman–Crippen LogP) is -1.51. The van der Waals surface area contributed by atoms with E-state index in [1.54, 1.807) is 0 Å². The molecule has 28 nitrogen and oxygen atoms in total. The number of aromatic nitrogens is 4. The molecule has 2 amide bonds. The number of carboxylic acid groups (broad SMARTS) is 1. The SMILES string of the molecule is CC(C(=O)CCC(=O)O)[C@H](O)CC(=O)SCCNC(=O)CCNC(=O)[C@H](O)C(C)(C)COP(=O)(O)OP(=O)(O)OC[C@H]1O[C@@H](n2cnc3c(N)ncnc32)[C@H](O)[C@@H]1OP(=O)(O)O. The second-order valence-corrected chi connectivity index (χ2v) is 19.6. The van der Waals surface area contributed by atoms with Crippen LogP contribution in [-0.4, -0.2) is 151 Å². The minimum Gasteiger partial charge on any atom is -0.481 e. The van der Waals surface area contributed by atoms with E-state index in [0.29, 0.717) is 0 Å². The Bertz CT molecular complexity index is 2070. The van der Waals surface area contributed by atoms with Gasteiger partial charge in [0.15, 0.2) is 22.8 Å². The molecule has 3 rings (SSSR count). The number of anilines is 1. The number of carboxylic acids is 1. The molecule has 62 heavy (non-hydrogen) atoms. The van der Waals surface area contributed by atoms with Crippen LogP contribution in [-0.2, 0) is 60.3 Å². The maximum Gasteiger partial charge on any atom is 0.481 e. The van der Waals surface area contributed by atoms with Gasteiger partial charge in [-0.3, -0.25) is 42.1 Å². The van der Waals surface area contributed by atoms with Crippen LogP contribution in [0.5, 0.6) is 0 Å². The van der Waals surface area contributed by atoms with Gasteiger partial charge in [0.2, 0.25) is 11.8 Å². The number of ketones is 1. The Labute approximate surface area is 355 Å². The molecule has 12 N–H and O–H groups in total. The van der Waals surface area contributed by atoms with Crippen LogP contribution in [0.15, 0.2) is 12.7 Å². The Morgan fingerprint density at radius 1 is 0.984 bits per heavy atom. The molecular weight excluding hydrogens is 919 g/mol. The molecule has 9 atom stereocenters. The van der Waals surface area contributed by atoms with Crippen molar-refractivity contribution in [2.75, 3.05) is 37.8 Å². The van der Waals surface area contributed by atoms with Gasteiger partial charge >= 0.3 is 29.4 Å². The number of hydrogen-bond acceptors (Lipinski definition) is 21. The van der Waals surface area contributed by atoms with Gasteiger partial charge in [-0.2, -0.15) is 4.31 Å². The molecule has 0 bridgehead atoms. The molecule has 0 radical (unpaired) electrons. The number of amides is 2. The highest BCUT2D eigenvalue weighted by Crippen LogP contribution is 2.61. The first-order chi connectivity index (χ1) is 28.6. The average molecular weight is 968 g/mol. The van der Waals surface area contributed by atoms with E-state index in [1.165, 1.54) is 20.8 Å². The fourth-order valence-corrected chi connectivity index (χ4v) is 8.92. The van der Waals surface area contributed by atoms with Crippen LogP contribution in [0, 0.1) is 11.3 Å². The third kappa shape index (κ3) is 16.3. The second-order valence-electron chi connectivity index (χ2n) is 14.2. The zero-order chi connectivity index (χ0) is 46.8. The van der Waals surface area contributed by atoms with Crippen LogP contribution in [0.25, 0.3) is 11.2 Å². The van der Waals surface area contributed by atoms with Crippen molar-refractivity contribution in [2.24, 2.45) is 11.3 Å². The number of nitrogens with two attached hydrogens (primary N) is 1. The lowest BCUT2D eigenvalue weighted by Gasteiger charge is -2.30. The lowest BCUT2D eigenvalue weighted by Crippen LogP contribution is -2.46. The van der Waals surface area contributed by atoms with E-state index >= 15 is 0 Å². The number of carbonyl (C=O) groups is 5. The van der Waals surface area contributed by atoms with Crippen molar-refractivity contribution in [3.63, 3.8) is 0 Å². The summed E-state index contributed by atoms with van der Waals surface area (Å²) >= 11 is 0.781. The molecule has 1 fully saturated rings. The van der Waals surface area contributed by atoms with Gasteiger partial charge in [-0.1, -0.05) is 32.5 Å². The normalized spacial score (nSPS) is 21.6. The number of thioether (sulfide) groups is 1. The van der Waals surface area contributed by atoms with E-state index in [-0.39, 0.29) is 55.1 Å². The number of aliphatic hydroxyl groups is 3. The number of aliphatic carboxylic acids is 1. The van der Waals surface area contributed by atoms with Crippen LogP contribution < -0.4 is 16.4 Å². The third-order valence-electron chi connectivity index (χ3n) is 8.81. The first kappa shape index (κ1) is 53.0. The van der Waals surface area contributed by atoms with Gasteiger partial charge in [-0.25, -0.2) is 28.6 Å². The standard InChI is InChI=1S/C30H48N7O21P3S/c1-15(16(38)4-5-20(41)42)17(39)10-21(43)62-9-8-32-19(40)6-7-33-28(46)25(45)30(2,3)12-55-61(52,53)58-60(50,51)54-11-18-24(57-59(47,48)49)23(44)29(56-18)37-14-36-22-26(31)34-13-35-27(22)37/h13-15,17-18,23-25,29,39,44-45H,4-12H2,1-3H3,(H,32,40)(H,33,46)(H,41,42)(H,50,51)(H,52,53)(H2,31,34,35)(H2,47,48,49)/t15?,17-,18-,23-,24-,25+,29-/m1/s1. The van der Waals surface area contributed by atoms with Crippen molar-refractivity contribution in [2.45, 2.75) is 83.2 Å². The third-order valence-corrected chi connectivity index (χ3v) is 12.8. The van der Waals surface area contributed by atoms with E-state index in [0.717, 1.165) is 29.0 Å². The van der Waals surface area contributed by atoms with Gasteiger partial charge in [0.25, 0.3) is 0 Å². The van der Waals surface area contributed by atoms with Gasteiger partial charge < -0.3 is 61.1 Å². The molecule has 1 aliphatic rings. The highest BCUT2D eigenvalue weighted by molar-refractivity contribution is 8.13. The maximum absolute atomic E-state index is 12.7. The molecule has 32 heteroatoms. The Hall–Kier alpha value is -3.34. The van der Waals surface area contributed by atoms with E-state index in [9.17, 15) is 72.6 Å². The van der Waals surface area contributed by atoms with E-state index < -0.39 is 120 Å². The lowest BCUT2D eigenvalue weighted by molar-refractivity contribution is -0.139. The molecule has 0 aliphatic carbocycles. The number of rotatable bonds is 26. The number of nitrogens with zero attached hydrogens (tertiary/aromatic N) is 4. The smallest absolute Gasteiger partial charge is 0.481 e. The number of carbonyl (C=O) groups excluding carboxylic acids is 4. The monoisotopic (exact) mass is 967 g/mol. The summed E-state index contributed by atoms with van der Waals surface area (Å²) in [5.74, 6) is -4.19. The molecule has 0 saturated carbocycles. The molecule has 2 aromatic rings. The molecule has 3 heterocycles. The van der Waals surface area contributed by atoms with E-state index in [2.05, 4.69) is 34.4 Å². The molecule has 350 valence electrons. The van der Waals surface area contributed by atoms with Crippen LogP contribution in [0.2, 0.25) is 0 Å². The van der Waals surface area contributed by atoms with Crippen LogP contribution in [0.1, 0.15) is 52.7 Å². The second kappa shape index (κ2) is 22.5. The average Bonchev–Trinajstić information content (AvgIpc) is 3.73. The van der Waals surface area contributed by atoms with E-state index in [4.69, 9.17) is 24.6 Å². The summed E-state index contributed by atoms with van der Waals surface area (Å²) in [5.41, 5.74) is 4.16. The van der Waals surface area contributed by atoms with Gasteiger partial charge in [0, 0.05) is 49.4 Å². The summed E-state index contributed by atoms with van der Waals surface area (Å²) in [4.78, 5) is 110. The number of phosphoric acid groups is 3. The Morgan fingerprint density at radius 2 is 1.65 bits per heavy atom. The summed E-state index contributed by atoms with van der Waals surface area (Å²) < 4.78 is 62.1. The van der Waals surface area contributed by atoms with Crippen molar-refractivity contribution in [3.05, 3.63) is 12.7 Å². The first-order valence-corrected chi connectivity index (χ1v) is 23.6. The molecule has 3 unspecified atom stereocenters. The number of Topliss-reactive ketones (excluding diaryl/α,β-unsaturated/α-hetero) is 1. The van der Waals surface area contributed by atoms with Gasteiger partial charge in [0.1, 0.15) is 42.0 Å². The summed E-state index contributed by atoms with van der Waals surface area (Å²) in [5, 5.41) is 44.6. The number of fused-ring (bicyclic) bond motifs is 1.